The van der Waals surface area contributed by atoms with Gasteiger partial charge in [0.2, 0.25) is 0 Å². The summed E-state index contributed by atoms with van der Waals surface area (Å²) < 4.78 is 33.4. The molecule has 1 spiro atoms. The third-order valence-electron chi connectivity index (χ3n) is 11.5. The number of nitrogens with zero attached hydrogens (tertiary/aromatic N) is 2. The van der Waals surface area contributed by atoms with E-state index in [9.17, 15) is 18.9 Å². The summed E-state index contributed by atoms with van der Waals surface area (Å²) >= 11 is 6.44. The van der Waals surface area contributed by atoms with E-state index in [2.05, 4.69) is 44.9 Å². The van der Waals surface area contributed by atoms with Gasteiger partial charge in [-0.15, -0.1) is 10.9 Å². The summed E-state index contributed by atoms with van der Waals surface area (Å²) in [5, 5.41) is 13.6. The Bertz CT molecular complexity index is 1770. The molecule has 12 heteroatoms. The van der Waals surface area contributed by atoms with E-state index < -0.39 is 27.5 Å². The van der Waals surface area contributed by atoms with Gasteiger partial charge in [-0.3, -0.25) is 9.52 Å². The maximum absolute atomic E-state index is 14.3. The Hall–Kier alpha value is -3.12. The number of fused-ring (bicyclic) bond motifs is 3. The van der Waals surface area contributed by atoms with Crippen LogP contribution in [0, 0.1) is 17.8 Å². The highest BCUT2D eigenvalue weighted by atomic mass is 35.5. The number of halogens is 1. The van der Waals surface area contributed by atoms with E-state index in [4.69, 9.17) is 21.1 Å². The van der Waals surface area contributed by atoms with E-state index in [1.165, 1.54) is 11.1 Å². The topological polar surface area (TPSA) is 130 Å². The van der Waals surface area contributed by atoms with E-state index in [0.717, 1.165) is 49.4 Å². The number of hydrogen-bond acceptors (Lipinski definition) is 7. The lowest BCUT2D eigenvalue weighted by Crippen LogP contribution is -2.56. The molecule has 2 saturated carbocycles. The minimum absolute atomic E-state index is 0.0204. The van der Waals surface area contributed by atoms with E-state index >= 15 is 0 Å². The number of methoxy groups -OCH3 is 1. The van der Waals surface area contributed by atoms with Crippen molar-refractivity contribution in [2.45, 2.75) is 95.3 Å². The van der Waals surface area contributed by atoms with Crippen LogP contribution in [0.4, 0.5) is 10.5 Å². The molecule has 10 nitrogen and oxygen atoms in total. The van der Waals surface area contributed by atoms with Gasteiger partial charge < -0.3 is 24.8 Å². The van der Waals surface area contributed by atoms with Crippen molar-refractivity contribution < 1.29 is 28.4 Å². The van der Waals surface area contributed by atoms with Gasteiger partial charge >= 0.3 is 6.03 Å². The minimum atomic E-state index is -3.52. The quantitative estimate of drug-likeness (QED) is 0.216. The lowest BCUT2D eigenvalue weighted by atomic mass is 9.68. The van der Waals surface area contributed by atoms with Gasteiger partial charge in [0, 0.05) is 42.2 Å². The molecular weight excluding hydrogens is 688 g/mol. The average molecular weight is 741 g/mol. The number of aliphatic hydroxyl groups is 1. The number of aryl methyl sites for hydroxylation is 1. The Kier molecular flexibility index (Phi) is 11.1. The second-order valence-electron chi connectivity index (χ2n) is 15.7. The first-order valence-corrected chi connectivity index (χ1v) is 20.3. The Morgan fingerprint density at radius 1 is 1.24 bits per heavy atom. The molecule has 1 aliphatic heterocycles. The number of nitrogens with one attached hydrogen (secondary N) is 2. The lowest BCUT2D eigenvalue weighted by Gasteiger charge is -2.45. The predicted octanol–water partition coefficient (Wildman–Crippen LogP) is 6.82. The van der Waals surface area contributed by atoms with Crippen molar-refractivity contribution in [2.24, 2.45) is 22.1 Å². The van der Waals surface area contributed by atoms with E-state index in [1.807, 2.05) is 25.1 Å². The van der Waals surface area contributed by atoms with Crippen LogP contribution in [0.1, 0.15) is 87.2 Å². The molecule has 2 aromatic rings. The van der Waals surface area contributed by atoms with Crippen LogP contribution in [0.25, 0.3) is 0 Å². The van der Waals surface area contributed by atoms with Crippen LogP contribution in [0.3, 0.4) is 0 Å². The molecule has 51 heavy (non-hydrogen) atoms. The highest BCUT2D eigenvalue weighted by Gasteiger charge is 2.44. The molecule has 0 aromatic heterocycles. The molecule has 0 radical (unpaired) electrons. The van der Waals surface area contributed by atoms with Crippen LogP contribution in [0.5, 0.6) is 5.75 Å². The van der Waals surface area contributed by atoms with Crippen LogP contribution in [-0.4, -0.2) is 71.6 Å². The van der Waals surface area contributed by atoms with Crippen LogP contribution < -0.4 is 19.7 Å². The van der Waals surface area contributed by atoms with Crippen LogP contribution in [-0.2, 0) is 26.5 Å². The smallest absolute Gasteiger partial charge is 0.327 e. The van der Waals surface area contributed by atoms with Gasteiger partial charge in [0.1, 0.15) is 15.7 Å². The van der Waals surface area contributed by atoms with Crippen LogP contribution in [0.2, 0.25) is 5.02 Å². The van der Waals surface area contributed by atoms with Crippen LogP contribution >= 0.6 is 11.6 Å². The zero-order valence-electron chi connectivity index (χ0n) is 30.3. The Morgan fingerprint density at radius 2 is 2.02 bits per heavy atom. The fourth-order valence-electron chi connectivity index (χ4n) is 8.63. The molecule has 1 heterocycles. The number of benzene rings is 2. The van der Waals surface area contributed by atoms with E-state index in [1.54, 1.807) is 26.2 Å². The standard InChI is InChI=1S/C39H53ClN4O6S/c1-6-8-25(2)22-51(48,43-37(46)41-31-19-38(4,47)20-31)42-36(45)28-11-15-35-34(18-28)44(21-29-10-13-32(29)26(3)49-5)23-39(24-50-35)16-7-9-27-17-30(40)12-14-33(27)39/h6,11-12,14-15,17-18,25-26,29,31-32,47H,1,7-10,13,16,19-24H2,2-5H3,(H2,41,42,43,45,46,48)/t25-,26-,29-,31?,32-,38?,39-,51?/m0/s1. The lowest BCUT2D eigenvalue weighted by molar-refractivity contribution is -0.0353. The third kappa shape index (κ3) is 8.42. The molecule has 2 aromatic carbocycles. The average Bonchev–Trinajstić information content (AvgIpc) is 3.18. The summed E-state index contributed by atoms with van der Waals surface area (Å²) in [6.07, 6.45) is 8.35. The molecule has 3 N–H and O–H groups in total. The highest BCUT2D eigenvalue weighted by molar-refractivity contribution is 7.92. The number of allylic oxidation sites excluding steroid dienone is 1. The van der Waals surface area contributed by atoms with Gasteiger partial charge in [0.15, 0.2) is 0 Å². The Balaban J connectivity index is 1.32. The van der Waals surface area contributed by atoms with Crippen molar-refractivity contribution in [1.29, 1.82) is 0 Å². The number of ether oxygens (including phenoxy) is 2. The second-order valence-corrected chi connectivity index (χ2v) is 18.2. The van der Waals surface area contributed by atoms with Gasteiger partial charge in [-0.2, -0.15) is 0 Å². The van der Waals surface area contributed by atoms with Crippen molar-refractivity contribution in [3.8, 4) is 5.75 Å². The number of rotatable bonds is 11. The zero-order valence-corrected chi connectivity index (χ0v) is 31.9. The van der Waals surface area contributed by atoms with Gasteiger partial charge in [-0.1, -0.05) is 30.7 Å². The van der Waals surface area contributed by atoms with E-state index in [-0.39, 0.29) is 34.8 Å². The van der Waals surface area contributed by atoms with Gasteiger partial charge in [0.25, 0.3) is 5.91 Å². The largest absolute Gasteiger partial charge is 0.490 e. The maximum Gasteiger partial charge on any atom is 0.327 e. The number of hydrogen-bond donors (Lipinski definition) is 3. The molecule has 1 unspecified atom stereocenters. The fourth-order valence-corrected chi connectivity index (χ4v) is 10.7. The van der Waals surface area contributed by atoms with Gasteiger partial charge in [-0.05, 0) is 124 Å². The normalized spacial score (nSPS) is 29.0. The zero-order chi connectivity index (χ0) is 36.6. The van der Waals surface area contributed by atoms with Crippen molar-refractivity contribution in [2.75, 3.05) is 37.5 Å². The first kappa shape index (κ1) is 37.6. The van der Waals surface area contributed by atoms with E-state index in [0.29, 0.717) is 50.0 Å². The molecule has 278 valence electrons. The molecule has 3 aliphatic carbocycles. The predicted molar refractivity (Wildman–Crippen MR) is 202 cm³/mol. The SMILES string of the molecule is C=CC[C@H](C)CS(=O)(=NC(=O)c1ccc2c(c1)N(C[C@@H]1CC[C@H]1[C@H](C)OC)C[C@@]1(CCCc3cc(Cl)ccc31)CO2)NC(=O)NC1CC(C)(O)C1. The summed E-state index contributed by atoms with van der Waals surface area (Å²) in [7, 11) is -1.75. The summed E-state index contributed by atoms with van der Waals surface area (Å²) in [5.41, 5.74) is 2.49. The number of carbonyl (C=O) groups excluding carboxylic acids is 2. The molecule has 0 saturated heterocycles. The molecule has 6 rings (SSSR count). The number of carbonyl (C=O) groups is 2. The molecule has 4 aliphatic rings. The first-order chi connectivity index (χ1) is 24.2. The summed E-state index contributed by atoms with van der Waals surface area (Å²) in [4.78, 5) is 29.3. The van der Waals surface area contributed by atoms with Crippen molar-refractivity contribution in [3.63, 3.8) is 0 Å². The van der Waals surface area contributed by atoms with Crippen molar-refractivity contribution in [1.82, 2.24) is 10.0 Å². The molecular formula is C39H53ClN4O6S. The Labute approximate surface area is 308 Å². The maximum atomic E-state index is 14.3. The third-order valence-corrected chi connectivity index (χ3v) is 13.7. The summed E-state index contributed by atoms with van der Waals surface area (Å²) in [6, 6.07) is 10.6. The molecule has 6 atom stereocenters. The molecule has 0 bridgehead atoms. The second kappa shape index (κ2) is 15.1. The van der Waals surface area contributed by atoms with Crippen LogP contribution in [0.15, 0.2) is 53.4 Å². The van der Waals surface area contributed by atoms with Crippen molar-refractivity contribution >= 4 is 39.1 Å². The number of urea groups is 1. The van der Waals surface area contributed by atoms with Gasteiger partial charge in [-0.25, -0.2) is 9.00 Å². The summed E-state index contributed by atoms with van der Waals surface area (Å²) in [6.45, 7) is 11.5. The van der Waals surface area contributed by atoms with Crippen molar-refractivity contribution in [3.05, 3.63) is 70.8 Å². The monoisotopic (exact) mass is 740 g/mol. The first-order valence-electron chi connectivity index (χ1n) is 18.3. The van der Waals surface area contributed by atoms with Gasteiger partial charge in [0.05, 0.1) is 29.8 Å². The number of anilines is 1. The highest BCUT2D eigenvalue weighted by Crippen LogP contribution is 2.47. The summed E-state index contributed by atoms with van der Waals surface area (Å²) in [5.74, 6) is 0.685. The fraction of sp³-hybridized carbons (Fsp3) is 0.590. The number of amides is 3. The Morgan fingerprint density at radius 3 is 2.71 bits per heavy atom. The minimum Gasteiger partial charge on any atom is -0.490 e. The molecule has 2 fully saturated rings. The molecule has 3 amide bonds.